The maximum Gasteiger partial charge on any atom is 0.272 e. The van der Waals surface area contributed by atoms with Gasteiger partial charge in [-0.25, -0.2) is 0 Å². The number of nitrogens with one attached hydrogen (secondary N) is 4. The standard InChI is InChI=1S/C34H30N4O4S/c1-2-42-31-15-9-8-14-29(31)37-32(39)22-43-26-18-16-25(17-19-26)36-34(41)30(38-33(40)23-10-4-3-5-11-23)20-24-21-35-28-13-7-6-12-27(24)28/h3-21,35H,2,22H2,1H3,(H,36,41)(H,37,39)(H,38,40)/b30-20+. The predicted octanol–water partition coefficient (Wildman–Crippen LogP) is 6.71. The molecule has 0 bridgehead atoms. The van der Waals surface area contributed by atoms with Crippen LogP contribution in [0.5, 0.6) is 5.75 Å². The Hall–Kier alpha value is -5.28. The molecule has 4 N–H and O–H groups in total. The Labute approximate surface area is 253 Å². The third-order valence-electron chi connectivity index (χ3n) is 6.39. The van der Waals surface area contributed by atoms with Crippen LogP contribution in [-0.4, -0.2) is 35.1 Å². The van der Waals surface area contributed by atoms with E-state index in [9.17, 15) is 14.4 Å². The zero-order valence-corrected chi connectivity index (χ0v) is 24.2. The van der Waals surface area contributed by atoms with Gasteiger partial charge in [0.25, 0.3) is 11.8 Å². The summed E-state index contributed by atoms with van der Waals surface area (Å²) in [6.07, 6.45) is 3.45. The summed E-state index contributed by atoms with van der Waals surface area (Å²) in [6, 6.07) is 30.9. The smallest absolute Gasteiger partial charge is 0.272 e. The maximum absolute atomic E-state index is 13.4. The molecule has 1 heterocycles. The van der Waals surface area contributed by atoms with Crippen molar-refractivity contribution < 1.29 is 19.1 Å². The number of carbonyl (C=O) groups is 3. The Morgan fingerprint density at radius 1 is 0.837 bits per heavy atom. The number of aromatic amines is 1. The minimum atomic E-state index is -0.470. The Balaban J connectivity index is 1.25. The van der Waals surface area contributed by atoms with E-state index in [1.807, 2.05) is 67.6 Å². The number of hydrogen-bond acceptors (Lipinski definition) is 5. The lowest BCUT2D eigenvalue weighted by molar-refractivity contribution is -0.114. The number of hydrogen-bond donors (Lipinski definition) is 4. The number of H-pyrrole nitrogens is 1. The largest absolute Gasteiger partial charge is 0.492 e. The summed E-state index contributed by atoms with van der Waals surface area (Å²) in [5.74, 6) is -0.190. The second-order valence-electron chi connectivity index (χ2n) is 9.41. The van der Waals surface area contributed by atoms with Crippen molar-refractivity contribution in [2.45, 2.75) is 11.8 Å². The lowest BCUT2D eigenvalue weighted by Crippen LogP contribution is -2.30. The number of para-hydroxylation sites is 3. The minimum absolute atomic E-state index is 0.0982. The molecule has 0 fully saturated rings. The monoisotopic (exact) mass is 590 g/mol. The Bertz CT molecular complexity index is 1760. The van der Waals surface area contributed by atoms with Crippen molar-refractivity contribution in [3.05, 3.63) is 126 Å². The number of fused-ring (bicyclic) bond motifs is 1. The summed E-state index contributed by atoms with van der Waals surface area (Å²) in [6.45, 7) is 2.40. The maximum atomic E-state index is 13.4. The van der Waals surface area contributed by atoms with E-state index in [0.29, 0.717) is 29.3 Å². The molecule has 43 heavy (non-hydrogen) atoms. The van der Waals surface area contributed by atoms with Gasteiger partial charge in [-0.05, 0) is 67.6 Å². The van der Waals surface area contributed by atoms with Crippen molar-refractivity contribution in [1.29, 1.82) is 0 Å². The molecule has 0 radical (unpaired) electrons. The first-order valence-electron chi connectivity index (χ1n) is 13.7. The molecular formula is C34H30N4O4S. The van der Waals surface area contributed by atoms with Crippen LogP contribution in [0.2, 0.25) is 0 Å². The van der Waals surface area contributed by atoms with E-state index in [1.54, 1.807) is 54.7 Å². The molecule has 8 nitrogen and oxygen atoms in total. The number of benzene rings is 4. The molecule has 9 heteroatoms. The molecule has 0 aliphatic heterocycles. The number of ether oxygens (including phenoxy) is 1. The number of amides is 3. The highest BCUT2D eigenvalue weighted by atomic mass is 32.2. The lowest BCUT2D eigenvalue weighted by Gasteiger charge is -2.12. The molecule has 0 unspecified atom stereocenters. The van der Waals surface area contributed by atoms with Crippen molar-refractivity contribution in [1.82, 2.24) is 10.3 Å². The van der Waals surface area contributed by atoms with Crippen molar-refractivity contribution in [2.24, 2.45) is 0 Å². The Morgan fingerprint density at radius 2 is 1.56 bits per heavy atom. The fourth-order valence-corrected chi connectivity index (χ4v) is 5.03. The van der Waals surface area contributed by atoms with Gasteiger partial charge in [-0.2, -0.15) is 0 Å². The summed E-state index contributed by atoms with van der Waals surface area (Å²) in [5.41, 5.74) is 3.39. The quantitative estimate of drug-likeness (QED) is 0.101. The Morgan fingerprint density at radius 3 is 2.35 bits per heavy atom. The summed E-state index contributed by atoms with van der Waals surface area (Å²) < 4.78 is 5.57. The van der Waals surface area contributed by atoms with Gasteiger partial charge in [-0.3, -0.25) is 14.4 Å². The molecule has 0 spiro atoms. The second kappa shape index (κ2) is 14.1. The molecule has 216 valence electrons. The third kappa shape index (κ3) is 7.72. The molecule has 0 saturated heterocycles. The molecular weight excluding hydrogens is 560 g/mol. The normalized spacial score (nSPS) is 11.1. The van der Waals surface area contributed by atoms with Crippen LogP contribution in [-0.2, 0) is 9.59 Å². The number of carbonyl (C=O) groups excluding carboxylic acids is 3. The lowest BCUT2D eigenvalue weighted by atomic mass is 10.1. The van der Waals surface area contributed by atoms with Crippen molar-refractivity contribution in [3.8, 4) is 5.75 Å². The highest BCUT2D eigenvalue weighted by Crippen LogP contribution is 2.26. The van der Waals surface area contributed by atoms with Crippen LogP contribution in [0.4, 0.5) is 11.4 Å². The Kier molecular flexibility index (Phi) is 9.56. The van der Waals surface area contributed by atoms with Gasteiger partial charge in [0.15, 0.2) is 0 Å². The average molecular weight is 591 g/mol. The number of rotatable bonds is 11. The van der Waals surface area contributed by atoms with E-state index in [-0.39, 0.29) is 17.4 Å². The van der Waals surface area contributed by atoms with E-state index in [0.717, 1.165) is 21.4 Å². The third-order valence-corrected chi connectivity index (χ3v) is 7.41. The first kappa shape index (κ1) is 29.2. The number of thioether (sulfide) groups is 1. The molecule has 3 amide bonds. The highest BCUT2D eigenvalue weighted by molar-refractivity contribution is 8.00. The van der Waals surface area contributed by atoms with Crippen molar-refractivity contribution >= 4 is 57.8 Å². The van der Waals surface area contributed by atoms with Gasteiger partial charge in [0, 0.05) is 38.8 Å². The van der Waals surface area contributed by atoms with Crippen molar-refractivity contribution in [3.63, 3.8) is 0 Å². The number of anilines is 2. The molecule has 5 rings (SSSR count). The fourth-order valence-electron chi connectivity index (χ4n) is 4.33. The fraction of sp³-hybridized carbons (Fsp3) is 0.0882. The zero-order valence-electron chi connectivity index (χ0n) is 23.4. The minimum Gasteiger partial charge on any atom is -0.492 e. The first-order chi connectivity index (χ1) is 21.0. The van der Waals surface area contributed by atoms with E-state index < -0.39 is 11.8 Å². The predicted molar refractivity (Wildman–Crippen MR) is 172 cm³/mol. The van der Waals surface area contributed by atoms with Gasteiger partial charge in [-0.15, -0.1) is 11.8 Å². The van der Waals surface area contributed by atoms with E-state index in [2.05, 4.69) is 20.9 Å². The van der Waals surface area contributed by atoms with Crippen LogP contribution in [0.25, 0.3) is 17.0 Å². The van der Waals surface area contributed by atoms with Gasteiger partial charge in [0.05, 0.1) is 18.0 Å². The molecule has 4 aromatic carbocycles. The SMILES string of the molecule is CCOc1ccccc1NC(=O)CSc1ccc(NC(=O)/C(=C\c2c[nH]c3ccccc23)NC(=O)c2ccccc2)cc1. The highest BCUT2D eigenvalue weighted by Gasteiger charge is 2.16. The topological polar surface area (TPSA) is 112 Å². The molecule has 0 aliphatic rings. The summed E-state index contributed by atoms with van der Waals surface area (Å²) in [4.78, 5) is 43.0. The van der Waals surface area contributed by atoms with Crippen LogP contribution < -0.4 is 20.7 Å². The van der Waals surface area contributed by atoms with E-state index in [4.69, 9.17) is 4.74 Å². The summed E-state index contributed by atoms with van der Waals surface area (Å²) in [7, 11) is 0. The van der Waals surface area contributed by atoms with E-state index >= 15 is 0 Å². The van der Waals surface area contributed by atoms with Gasteiger partial charge >= 0.3 is 0 Å². The summed E-state index contributed by atoms with van der Waals surface area (Å²) >= 11 is 1.37. The van der Waals surface area contributed by atoms with Gasteiger partial charge in [-0.1, -0.05) is 48.5 Å². The van der Waals surface area contributed by atoms with Gasteiger partial charge in [0.1, 0.15) is 11.4 Å². The molecule has 5 aromatic rings. The van der Waals surface area contributed by atoms with Crippen LogP contribution >= 0.6 is 11.8 Å². The number of aromatic nitrogens is 1. The molecule has 0 aliphatic carbocycles. The first-order valence-corrected chi connectivity index (χ1v) is 14.7. The zero-order chi connectivity index (χ0) is 30.0. The average Bonchev–Trinajstić information content (AvgIpc) is 3.44. The van der Waals surface area contributed by atoms with Crippen LogP contribution in [0, 0.1) is 0 Å². The van der Waals surface area contributed by atoms with Crippen molar-refractivity contribution in [2.75, 3.05) is 23.0 Å². The molecule has 1 aromatic heterocycles. The molecule has 0 atom stereocenters. The van der Waals surface area contributed by atoms with Crippen LogP contribution in [0.15, 0.2) is 120 Å². The second-order valence-corrected chi connectivity index (χ2v) is 10.5. The van der Waals surface area contributed by atoms with Crippen LogP contribution in [0.3, 0.4) is 0 Å². The summed E-state index contributed by atoms with van der Waals surface area (Å²) in [5, 5.41) is 9.45. The van der Waals surface area contributed by atoms with Crippen LogP contribution in [0.1, 0.15) is 22.8 Å². The van der Waals surface area contributed by atoms with Gasteiger partial charge < -0.3 is 25.7 Å². The van der Waals surface area contributed by atoms with E-state index in [1.165, 1.54) is 11.8 Å². The molecule has 0 saturated carbocycles. The van der Waals surface area contributed by atoms with Gasteiger partial charge in [0.2, 0.25) is 5.91 Å².